The fourth-order valence-electron chi connectivity index (χ4n) is 1.39. The Kier molecular flexibility index (Phi) is 2.84. The first-order chi connectivity index (χ1) is 7.97. The molecule has 0 aromatic carbocycles. The molecule has 7 heteroatoms. The predicted molar refractivity (Wildman–Crippen MR) is 62.1 cm³/mol. The molecule has 17 heavy (non-hydrogen) atoms. The molecule has 2 heterocycles. The molecule has 0 saturated heterocycles. The highest BCUT2D eigenvalue weighted by atomic mass is 32.1. The van der Waals surface area contributed by atoms with Crippen molar-refractivity contribution >= 4 is 18.1 Å². The molecular weight excluding hydrogens is 240 g/mol. The maximum absolute atomic E-state index is 11.2. The quantitative estimate of drug-likeness (QED) is 0.720. The fraction of sp³-hybridized carbons (Fsp3) is 0.300. The second-order valence-corrected chi connectivity index (χ2v) is 3.93. The molecule has 0 aliphatic heterocycles. The van der Waals surface area contributed by atoms with Crippen LogP contribution in [0.15, 0.2) is 10.5 Å². The Balaban J connectivity index is 2.57. The highest BCUT2D eigenvalue weighted by molar-refractivity contribution is 7.71. The molecule has 0 unspecified atom stereocenters. The van der Waals surface area contributed by atoms with Crippen LogP contribution in [-0.4, -0.2) is 25.7 Å². The van der Waals surface area contributed by atoms with Crippen LogP contribution in [-0.2, 0) is 0 Å². The van der Waals surface area contributed by atoms with Gasteiger partial charge in [0.05, 0.1) is 0 Å². The van der Waals surface area contributed by atoms with Gasteiger partial charge in [0.1, 0.15) is 0 Å². The van der Waals surface area contributed by atoms with Gasteiger partial charge in [-0.15, -0.1) is 5.10 Å². The van der Waals surface area contributed by atoms with Gasteiger partial charge in [0, 0.05) is 18.3 Å². The summed E-state index contributed by atoms with van der Waals surface area (Å²) in [4.78, 5) is 19.5. The fourth-order valence-corrected chi connectivity index (χ4v) is 1.64. The van der Waals surface area contributed by atoms with E-state index in [-0.39, 0.29) is 16.6 Å². The normalized spacial score (nSPS) is 10.5. The van der Waals surface area contributed by atoms with Crippen LogP contribution in [0.25, 0.3) is 11.7 Å². The third-order valence-electron chi connectivity index (χ3n) is 2.02. The predicted octanol–water partition coefficient (Wildman–Crippen LogP) is 1.94. The first kappa shape index (κ1) is 11.6. The van der Waals surface area contributed by atoms with Crippen molar-refractivity contribution < 1.29 is 9.21 Å². The summed E-state index contributed by atoms with van der Waals surface area (Å²) in [6.07, 6.45) is 0. The molecule has 2 rings (SSSR count). The minimum atomic E-state index is -0.311. The van der Waals surface area contributed by atoms with E-state index >= 15 is 0 Å². The molecule has 0 fully saturated rings. The van der Waals surface area contributed by atoms with Crippen LogP contribution in [0.1, 0.15) is 23.1 Å². The average Bonchev–Trinajstić information content (AvgIpc) is 2.59. The van der Waals surface area contributed by atoms with Gasteiger partial charge in [-0.3, -0.25) is 4.79 Å². The third-order valence-corrected chi connectivity index (χ3v) is 2.28. The summed E-state index contributed by atoms with van der Waals surface area (Å²) in [6.45, 7) is 5.04. The van der Waals surface area contributed by atoms with E-state index in [0.29, 0.717) is 5.82 Å². The molecule has 0 atom stereocenters. The summed E-state index contributed by atoms with van der Waals surface area (Å²) < 4.78 is 6.20. The molecule has 0 amide bonds. The third kappa shape index (κ3) is 2.28. The van der Waals surface area contributed by atoms with Gasteiger partial charge < -0.3 is 4.42 Å². The Morgan fingerprint density at radius 2 is 1.94 bits per heavy atom. The Morgan fingerprint density at radius 1 is 1.35 bits per heavy atom. The monoisotopic (exact) mass is 250 g/mol. The summed E-state index contributed by atoms with van der Waals surface area (Å²) in [5.74, 6) is 0.167. The van der Waals surface area contributed by atoms with E-state index in [1.165, 1.54) is 6.92 Å². The Bertz CT molecular complexity index is 624. The lowest BCUT2D eigenvalue weighted by Gasteiger charge is -1.97. The number of aromatic nitrogens is 4. The molecule has 6 nitrogen and oxygen atoms in total. The van der Waals surface area contributed by atoms with Crippen molar-refractivity contribution in [2.45, 2.75) is 20.8 Å². The van der Waals surface area contributed by atoms with E-state index in [1.54, 1.807) is 0 Å². The first-order valence-electron chi connectivity index (χ1n) is 4.91. The van der Waals surface area contributed by atoms with Crippen molar-refractivity contribution in [1.82, 2.24) is 19.7 Å². The molecule has 0 spiro atoms. The second kappa shape index (κ2) is 4.17. The minimum absolute atomic E-state index is 0.00439. The smallest absolute Gasteiger partial charge is 0.294 e. The average molecular weight is 250 g/mol. The van der Waals surface area contributed by atoms with Gasteiger partial charge in [0.2, 0.25) is 11.7 Å². The highest BCUT2D eigenvalue weighted by Crippen LogP contribution is 2.14. The number of nitrogens with zero attached hydrogens (tertiary/aromatic N) is 4. The summed E-state index contributed by atoms with van der Waals surface area (Å²) in [7, 11) is 0. The summed E-state index contributed by atoms with van der Waals surface area (Å²) in [6, 6.07) is 1.83. The first-order valence-corrected chi connectivity index (χ1v) is 5.32. The Labute approximate surface area is 102 Å². The summed E-state index contributed by atoms with van der Waals surface area (Å²) in [5, 5.41) is 3.93. The van der Waals surface area contributed by atoms with Gasteiger partial charge in [-0.2, -0.15) is 4.68 Å². The van der Waals surface area contributed by atoms with Crippen LogP contribution >= 0.6 is 12.2 Å². The van der Waals surface area contributed by atoms with Crippen LogP contribution in [0.4, 0.5) is 0 Å². The van der Waals surface area contributed by atoms with Crippen LogP contribution in [0, 0.1) is 18.7 Å². The zero-order valence-electron chi connectivity index (χ0n) is 9.59. The van der Waals surface area contributed by atoms with Crippen LogP contribution in [0.2, 0.25) is 0 Å². The van der Waals surface area contributed by atoms with E-state index in [4.69, 9.17) is 16.6 Å². The lowest BCUT2D eigenvalue weighted by molar-refractivity contribution is 0.0916. The largest absolute Gasteiger partial charge is 0.406 e. The Hall–Kier alpha value is -1.89. The van der Waals surface area contributed by atoms with E-state index < -0.39 is 0 Å². The number of hydrogen-bond donors (Lipinski definition) is 0. The zero-order chi connectivity index (χ0) is 12.6. The molecule has 0 saturated carbocycles. The summed E-state index contributed by atoms with van der Waals surface area (Å²) in [5.41, 5.74) is 1.59. The van der Waals surface area contributed by atoms with Gasteiger partial charge in [0.25, 0.3) is 10.7 Å². The highest BCUT2D eigenvalue weighted by Gasteiger charge is 2.13. The second-order valence-electron chi connectivity index (χ2n) is 3.58. The van der Waals surface area contributed by atoms with E-state index in [2.05, 4.69) is 15.1 Å². The number of rotatable bonds is 1. The lowest BCUT2D eigenvalue weighted by Crippen LogP contribution is -2.07. The van der Waals surface area contributed by atoms with Crippen LogP contribution in [0.5, 0.6) is 0 Å². The molecule has 2 aromatic heterocycles. The molecule has 0 N–H and O–H groups in total. The molecule has 0 radical (unpaired) electrons. The van der Waals surface area contributed by atoms with Crippen molar-refractivity contribution in [2.75, 3.05) is 0 Å². The van der Waals surface area contributed by atoms with Gasteiger partial charge in [-0.1, -0.05) is 0 Å². The van der Waals surface area contributed by atoms with E-state index in [9.17, 15) is 4.79 Å². The van der Waals surface area contributed by atoms with E-state index in [1.807, 2.05) is 19.9 Å². The zero-order valence-corrected chi connectivity index (χ0v) is 10.4. The van der Waals surface area contributed by atoms with E-state index in [0.717, 1.165) is 16.1 Å². The Morgan fingerprint density at radius 3 is 2.41 bits per heavy atom. The topological polar surface area (TPSA) is 73.8 Å². The van der Waals surface area contributed by atoms with Gasteiger partial charge >= 0.3 is 0 Å². The van der Waals surface area contributed by atoms with Crippen LogP contribution in [0.3, 0.4) is 0 Å². The van der Waals surface area contributed by atoms with Gasteiger partial charge in [-0.25, -0.2) is 9.97 Å². The molecule has 0 aliphatic rings. The maximum atomic E-state index is 11.2. The number of aryl methyl sites for hydroxylation is 2. The van der Waals surface area contributed by atoms with Crippen molar-refractivity contribution in [1.29, 1.82) is 0 Å². The lowest BCUT2D eigenvalue weighted by atomic mass is 10.3. The molecular formula is C10H10N4O2S. The van der Waals surface area contributed by atoms with Gasteiger partial charge in [-0.05, 0) is 32.1 Å². The number of carbonyl (C=O) groups excluding carboxylic acids is 1. The molecule has 0 bridgehead atoms. The van der Waals surface area contributed by atoms with Crippen molar-refractivity contribution in [3.63, 3.8) is 0 Å². The maximum Gasteiger partial charge on any atom is 0.294 e. The SMILES string of the molecule is CC(=O)n1nc(-c2nc(C)cc(C)n2)oc1=S. The van der Waals surface area contributed by atoms with Gasteiger partial charge in [0.15, 0.2) is 0 Å². The minimum Gasteiger partial charge on any atom is -0.406 e. The number of carbonyl (C=O) groups is 1. The molecule has 88 valence electrons. The van der Waals surface area contributed by atoms with Crippen molar-refractivity contribution in [3.8, 4) is 11.7 Å². The molecule has 0 aliphatic carbocycles. The van der Waals surface area contributed by atoms with Crippen molar-refractivity contribution in [3.05, 3.63) is 22.3 Å². The number of hydrogen-bond acceptors (Lipinski definition) is 6. The van der Waals surface area contributed by atoms with Crippen molar-refractivity contribution in [2.24, 2.45) is 0 Å². The van der Waals surface area contributed by atoms with Crippen LogP contribution < -0.4 is 0 Å². The standard InChI is InChI=1S/C10H10N4O2S/c1-5-4-6(2)12-8(11-5)9-13-14(7(3)15)10(17)16-9/h4H,1-3H3. The summed E-state index contributed by atoms with van der Waals surface area (Å²) >= 11 is 4.87. The molecule has 2 aromatic rings.